The number of anilines is 1. The minimum absolute atomic E-state index is 0.0238. The molecule has 2 aliphatic heterocycles. The van der Waals surface area contributed by atoms with Crippen molar-refractivity contribution in [3.63, 3.8) is 0 Å². The van der Waals surface area contributed by atoms with E-state index in [1.165, 1.54) is 5.56 Å². The van der Waals surface area contributed by atoms with Gasteiger partial charge < -0.3 is 19.5 Å². The van der Waals surface area contributed by atoms with Gasteiger partial charge in [-0.05, 0) is 77.7 Å². The van der Waals surface area contributed by atoms with Crippen LogP contribution in [0.5, 0.6) is 17.2 Å². The number of fused-ring (bicyclic) bond motifs is 3. The smallest absolute Gasteiger partial charge is 0.415 e. The number of hydrogen-bond donors (Lipinski definition) is 1. The molecule has 0 radical (unpaired) electrons. The van der Waals surface area contributed by atoms with Crippen molar-refractivity contribution in [1.29, 1.82) is 0 Å². The summed E-state index contributed by atoms with van der Waals surface area (Å²) in [4.78, 5) is 15.3. The minimum Gasteiger partial charge on any atom is -0.497 e. The van der Waals surface area contributed by atoms with Crippen molar-refractivity contribution in [3.05, 3.63) is 119 Å². The maximum Gasteiger partial charge on any atom is 0.415 e. The number of benzene rings is 4. The number of ether oxygens (including phenoxy) is 3. The number of nitrogens with zero attached hydrogens (tertiary/aromatic N) is 1. The highest BCUT2D eigenvalue weighted by atomic mass is 35.5. The molecule has 0 aliphatic carbocycles. The Morgan fingerprint density at radius 3 is 2.38 bits per heavy atom. The zero-order valence-corrected chi connectivity index (χ0v) is 22.3. The highest BCUT2D eigenvalue weighted by Gasteiger charge is 2.46. The molecule has 2 aliphatic rings. The van der Waals surface area contributed by atoms with Gasteiger partial charge in [0, 0.05) is 23.2 Å². The Morgan fingerprint density at radius 1 is 0.923 bits per heavy atom. The Morgan fingerprint density at radius 2 is 1.64 bits per heavy atom. The summed E-state index contributed by atoms with van der Waals surface area (Å²) >= 11 is 6.01. The molecular weight excluding hydrogens is 512 g/mol. The largest absolute Gasteiger partial charge is 0.497 e. The van der Waals surface area contributed by atoms with Crippen LogP contribution >= 0.6 is 11.6 Å². The van der Waals surface area contributed by atoms with Crippen LogP contribution in [0.2, 0.25) is 5.02 Å². The third-order valence-corrected chi connectivity index (χ3v) is 7.75. The number of carbonyl (C=O) groups excluding carboxylic acids is 1. The van der Waals surface area contributed by atoms with E-state index in [2.05, 4.69) is 29.6 Å². The van der Waals surface area contributed by atoms with Crippen molar-refractivity contribution in [2.45, 2.75) is 31.0 Å². The number of carbonyl (C=O) groups is 1. The van der Waals surface area contributed by atoms with Gasteiger partial charge in [0.2, 0.25) is 0 Å². The van der Waals surface area contributed by atoms with E-state index in [1.54, 1.807) is 31.4 Å². The van der Waals surface area contributed by atoms with Crippen molar-refractivity contribution >= 4 is 23.4 Å². The monoisotopic (exact) mass is 540 g/mol. The van der Waals surface area contributed by atoms with E-state index in [-0.39, 0.29) is 24.1 Å². The summed E-state index contributed by atoms with van der Waals surface area (Å²) in [6.45, 7) is 1.07. The molecule has 1 saturated heterocycles. The van der Waals surface area contributed by atoms with Crippen LogP contribution in [0.15, 0.2) is 97.1 Å². The van der Waals surface area contributed by atoms with Crippen LogP contribution in [0, 0.1) is 0 Å². The molecule has 4 aromatic rings. The van der Waals surface area contributed by atoms with Gasteiger partial charge in [0.1, 0.15) is 23.9 Å². The molecule has 1 amide bonds. The summed E-state index contributed by atoms with van der Waals surface area (Å²) < 4.78 is 17.3. The fraction of sp³-hybridized carbons (Fsp3) is 0.219. The zero-order valence-electron chi connectivity index (χ0n) is 21.5. The molecule has 0 spiro atoms. The molecule has 39 heavy (non-hydrogen) atoms. The van der Waals surface area contributed by atoms with Gasteiger partial charge >= 0.3 is 6.09 Å². The van der Waals surface area contributed by atoms with E-state index in [9.17, 15) is 4.79 Å². The molecule has 0 aromatic heterocycles. The van der Waals surface area contributed by atoms with E-state index in [4.69, 9.17) is 25.8 Å². The van der Waals surface area contributed by atoms with E-state index in [1.807, 2.05) is 53.4 Å². The van der Waals surface area contributed by atoms with Crippen LogP contribution in [0.3, 0.4) is 0 Å². The molecule has 1 N–H and O–H groups in total. The number of amides is 1. The number of methoxy groups -OCH3 is 1. The van der Waals surface area contributed by atoms with Crippen LogP contribution < -0.4 is 19.5 Å². The molecule has 4 aromatic carbocycles. The maximum absolute atomic E-state index is 13.5. The lowest BCUT2D eigenvalue weighted by molar-refractivity contribution is 0.102. The molecule has 7 heteroatoms. The third kappa shape index (κ3) is 5.25. The van der Waals surface area contributed by atoms with Crippen LogP contribution in [0.25, 0.3) is 0 Å². The molecule has 3 unspecified atom stereocenters. The number of nitrogens with one attached hydrogen (secondary N) is 1. The molecular formula is C32H29ClN2O4. The number of likely N-dealkylation sites (tertiary alicyclic amines) is 1. The normalized spacial score (nSPS) is 19.4. The second kappa shape index (κ2) is 10.9. The van der Waals surface area contributed by atoms with Crippen molar-refractivity contribution < 1.29 is 19.0 Å². The lowest BCUT2D eigenvalue weighted by Crippen LogP contribution is -2.50. The van der Waals surface area contributed by atoms with Crippen molar-refractivity contribution in [2.75, 3.05) is 19.0 Å². The van der Waals surface area contributed by atoms with E-state index in [0.717, 1.165) is 34.7 Å². The van der Waals surface area contributed by atoms with E-state index < -0.39 is 0 Å². The predicted octanol–water partition coefficient (Wildman–Crippen LogP) is 7.45. The van der Waals surface area contributed by atoms with E-state index in [0.29, 0.717) is 23.9 Å². The van der Waals surface area contributed by atoms with E-state index >= 15 is 0 Å². The second-order valence-electron chi connectivity index (χ2n) is 9.82. The highest BCUT2D eigenvalue weighted by Crippen LogP contribution is 2.49. The summed E-state index contributed by atoms with van der Waals surface area (Å²) in [5, 5.41) is 4.31. The number of piperidine rings is 1. The summed E-state index contributed by atoms with van der Waals surface area (Å²) in [6, 6.07) is 30.8. The summed E-state index contributed by atoms with van der Waals surface area (Å²) in [7, 11) is 1.65. The average Bonchev–Trinajstić information content (AvgIpc) is 3.35. The minimum atomic E-state index is -0.388. The van der Waals surface area contributed by atoms with Gasteiger partial charge in [-0.1, -0.05) is 54.1 Å². The summed E-state index contributed by atoms with van der Waals surface area (Å²) in [5.74, 6) is 2.28. The lowest BCUT2D eigenvalue weighted by Gasteiger charge is -2.42. The van der Waals surface area contributed by atoms with Gasteiger partial charge in [-0.2, -0.15) is 0 Å². The summed E-state index contributed by atoms with van der Waals surface area (Å²) in [5.41, 5.74) is 4.43. The Kier molecular flexibility index (Phi) is 7.03. The van der Waals surface area contributed by atoms with Gasteiger partial charge in [-0.3, -0.25) is 4.90 Å². The van der Waals surface area contributed by atoms with Gasteiger partial charge in [-0.25, -0.2) is 4.79 Å². The standard InChI is InChI=1S/C32H29ClN2O4/c1-37-24-11-7-22(8-12-24)31-30-27(17-18-35(31)32(36)39-25-13-9-23(33)10-14-25)28-19-26(15-16-29(28)34-30)38-20-21-5-3-2-4-6-21/h2-16,19,27,30-31,34H,17-18,20H2,1H3. The molecule has 198 valence electrons. The Balaban J connectivity index is 1.27. The average molecular weight is 541 g/mol. The number of hydrogen-bond acceptors (Lipinski definition) is 5. The van der Waals surface area contributed by atoms with Crippen LogP contribution in [-0.2, 0) is 6.61 Å². The number of halogens is 1. The number of rotatable bonds is 6. The predicted molar refractivity (Wildman–Crippen MR) is 152 cm³/mol. The highest BCUT2D eigenvalue weighted by molar-refractivity contribution is 6.30. The summed E-state index contributed by atoms with van der Waals surface area (Å²) in [6.07, 6.45) is 0.413. The van der Waals surface area contributed by atoms with Crippen molar-refractivity contribution in [1.82, 2.24) is 4.90 Å². The Bertz CT molecular complexity index is 1440. The van der Waals surface area contributed by atoms with Gasteiger partial charge in [0.15, 0.2) is 0 Å². The first-order valence-electron chi connectivity index (χ1n) is 13.0. The van der Waals surface area contributed by atoms with Crippen molar-refractivity contribution in [3.8, 4) is 17.2 Å². The second-order valence-corrected chi connectivity index (χ2v) is 10.3. The Labute approximate surface area is 233 Å². The maximum atomic E-state index is 13.5. The molecule has 0 saturated carbocycles. The Hall–Kier alpha value is -4.16. The topological polar surface area (TPSA) is 60.0 Å². The fourth-order valence-corrected chi connectivity index (χ4v) is 5.71. The van der Waals surface area contributed by atoms with Crippen LogP contribution in [0.4, 0.5) is 10.5 Å². The quantitative estimate of drug-likeness (QED) is 0.275. The first-order chi connectivity index (χ1) is 19.1. The molecule has 1 fully saturated rings. The fourth-order valence-electron chi connectivity index (χ4n) is 5.58. The molecule has 6 rings (SSSR count). The molecule has 3 atom stereocenters. The van der Waals surface area contributed by atoms with Gasteiger partial charge in [-0.15, -0.1) is 0 Å². The zero-order chi connectivity index (χ0) is 26.8. The van der Waals surface area contributed by atoms with Gasteiger partial charge in [0.05, 0.1) is 19.2 Å². The van der Waals surface area contributed by atoms with Gasteiger partial charge in [0.25, 0.3) is 0 Å². The van der Waals surface area contributed by atoms with Crippen LogP contribution in [0.1, 0.15) is 35.1 Å². The first kappa shape index (κ1) is 25.1. The SMILES string of the molecule is COc1ccc(C2C3Nc4ccc(OCc5ccccc5)cc4C3CCN2C(=O)Oc2ccc(Cl)cc2)cc1. The lowest BCUT2D eigenvalue weighted by atomic mass is 9.81. The third-order valence-electron chi connectivity index (χ3n) is 7.49. The molecule has 2 heterocycles. The van der Waals surface area contributed by atoms with Crippen LogP contribution in [-0.4, -0.2) is 30.7 Å². The van der Waals surface area contributed by atoms with Crippen molar-refractivity contribution in [2.24, 2.45) is 0 Å². The molecule has 6 nitrogen and oxygen atoms in total. The molecule has 0 bridgehead atoms. The first-order valence-corrected chi connectivity index (χ1v) is 13.4.